The highest BCUT2D eigenvalue weighted by Gasteiger charge is 2.26. The van der Waals surface area contributed by atoms with Gasteiger partial charge in [0.2, 0.25) is 10.0 Å². The summed E-state index contributed by atoms with van der Waals surface area (Å²) < 4.78 is 27.3. The van der Waals surface area contributed by atoms with Crippen LogP contribution in [-0.4, -0.2) is 25.8 Å². The molecule has 1 unspecified atom stereocenters. The number of hydrogen-bond acceptors (Lipinski definition) is 4. The third-order valence-electron chi connectivity index (χ3n) is 3.34. The number of nitrogens with two attached hydrogens (primary N) is 1. The monoisotopic (exact) mass is 388 g/mol. The lowest BCUT2D eigenvalue weighted by molar-refractivity contribution is 0.388. The van der Waals surface area contributed by atoms with Crippen LogP contribution in [0, 0.1) is 0 Å². The number of rotatable bonds is 5. The Morgan fingerprint density at radius 1 is 1.38 bits per heavy atom. The van der Waals surface area contributed by atoms with Gasteiger partial charge in [0.25, 0.3) is 0 Å². The van der Waals surface area contributed by atoms with Gasteiger partial charge in [0.15, 0.2) is 0 Å². The van der Waals surface area contributed by atoms with E-state index in [-0.39, 0.29) is 10.9 Å². The highest BCUT2D eigenvalue weighted by molar-refractivity contribution is 9.10. The maximum atomic E-state index is 12.6. The van der Waals surface area contributed by atoms with E-state index in [4.69, 9.17) is 5.73 Å². The Labute approximate surface area is 137 Å². The van der Waals surface area contributed by atoms with Crippen LogP contribution in [0.2, 0.25) is 0 Å². The first-order valence-corrected chi connectivity index (χ1v) is 9.49. The van der Waals surface area contributed by atoms with E-state index in [1.165, 1.54) is 15.2 Å². The smallest absolute Gasteiger partial charge is 0.243 e. The van der Waals surface area contributed by atoms with Crippen molar-refractivity contribution >= 4 is 43.0 Å². The summed E-state index contributed by atoms with van der Waals surface area (Å²) in [7, 11) is -1.94. The molecule has 21 heavy (non-hydrogen) atoms. The second-order valence-corrected chi connectivity index (χ2v) is 8.72. The normalized spacial score (nSPS) is 13.5. The molecule has 0 spiro atoms. The second-order valence-electron chi connectivity index (χ2n) is 4.84. The summed E-state index contributed by atoms with van der Waals surface area (Å²) in [5.74, 6) is 0. The van der Waals surface area contributed by atoms with Crippen LogP contribution in [0.1, 0.15) is 11.8 Å². The van der Waals surface area contributed by atoms with Gasteiger partial charge in [0.1, 0.15) is 0 Å². The lowest BCUT2D eigenvalue weighted by Gasteiger charge is -2.24. The van der Waals surface area contributed by atoms with Crippen LogP contribution in [0.5, 0.6) is 0 Å². The Morgan fingerprint density at radius 2 is 2.10 bits per heavy atom. The third kappa shape index (κ3) is 3.66. The fraction of sp³-hybridized carbons (Fsp3) is 0.286. The number of hydrogen-bond donors (Lipinski definition) is 1. The predicted molar refractivity (Wildman–Crippen MR) is 91.0 cm³/mol. The van der Waals surface area contributed by atoms with Crippen molar-refractivity contribution in [3.05, 3.63) is 45.1 Å². The molecule has 1 heterocycles. The molecular formula is C14H17BrN2O2S2. The summed E-state index contributed by atoms with van der Waals surface area (Å²) in [5.41, 5.74) is 6.19. The molecule has 2 rings (SSSR count). The van der Waals surface area contributed by atoms with Gasteiger partial charge in [0.05, 0.1) is 4.90 Å². The molecule has 0 radical (unpaired) electrons. The van der Waals surface area contributed by atoms with Gasteiger partial charge in [-0.25, -0.2) is 8.42 Å². The minimum absolute atomic E-state index is 0.126. The SMILES string of the molecule is CC(Cc1cccs1)N(C)S(=O)(=O)c1ccc(Br)c(N)c1. The third-order valence-corrected chi connectivity index (χ3v) is 6.93. The van der Waals surface area contributed by atoms with Gasteiger partial charge >= 0.3 is 0 Å². The molecule has 0 amide bonds. The minimum Gasteiger partial charge on any atom is -0.398 e. The van der Waals surface area contributed by atoms with E-state index in [1.54, 1.807) is 30.5 Å². The summed E-state index contributed by atoms with van der Waals surface area (Å²) in [6, 6.07) is 8.55. The summed E-state index contributed by atoms with van der Waals surface area (Å²) >= 11 is 4.90. The molecule has 0 aliphatic heterocycles. The van der Waals surface area contributed by atoms with Crippen molar-refractivity contribution < 1.29 is 8.42 Å². The maximum Gasteiger partial charge on any atom is 0.243 e. The number of thiophene rings is 1. The van der Waals surface area contributed by atoms with E-state index >= 15 is 0 Å². The van der Waals surface area contributed by atoms with Crippen LogP contribution in [0.15, 0.2) is 45.1 Å². The van der Waals surface area contributed by atoms with Gasteiger partial charge in [0, 0.05) is 28.1 Å². The molecule has 0 aliphatic carbocycles. The van der Waals surface area contributed by atoms with E-state index in [0.29, 0.717) is 16.6 Å². The molecule has 7 heteroatoms. The van der Waals surface area contributed by atoms with Crippen molar-refractivity contribution in [1.82, 2.24) is 4.31 Å². The molecule has 2 aromatic rings. The van der Waals surface area contributed by atoms with Crippen LogP contribution >= 0.6 is 27.3 Å². The molecule has 4 nitrogen and oxygen atoms in total. The van der Waals surface area contributed by atoms with Crippen LogP contribution in [0.4, 0.5) is 5.69 Å². The Bertz CT molecular complexity index is 715. The fourth-order valence-corrected chi connectivity index (χ4v) is 4.40. The quantitative estimate of drug-likeness (QED) is 0.798. The fourth-order valence-electron chi connectivity index (χ4n) is 1.93. The van der Waals surface area contributed by atoms with Crippen molar-refractivity contribution in [2.24, 2.45) is 0 Å². The number of sulfonamides is 1. The molecule has 1 aromatic heterocycles. The van der Waals surface area contributed by atoms with Crippen LogP contribution < -0.4 is 5.73 Å². The number of anilines is 1. The molecule has 114 valence electrons. The summed E-state index contributed by atoms with van der Waals surface area (Å²) in [6.45, 7) is 1.90. The zero-order chi connectivity index (χ0) is 15.6. The molecule has 2 N–H and O–H groups in total. The first-order chi connectivity index (χ1) is 9.82. The topological polar surface area (TPSA) is 63.4 Å². The first-order valence-electron chi connectivity index (χ1n) is 6.38. The Hall–Kier alpha value is -0.890. The number of benzene rings is 1. The maximum absolute atomic E-state index is 12.6. The number of nitrogens with zero attached hydrogens (tertiary/aromatic N) is 1. The predicted octanol–water partition coefficient (Wildman–Crippen LogP) is 3.34. The van der Waals surface area contributed by atoms with Crippen molar-refractivity contribution in [3.8, 4) is 0 Å². The van der Waals surface area contributed by atoms with Crippen LogP contribution in [-0.2, 0) is 16.4 Å². The Balaban J connectivity index is 2.23. The van der Waals surface area contributed by atoms with Gasteiger partial charge < -0.3 is 5.73 Å². The van der Waals surface area contributed by atoms with Crippen LogP contribution in [0.25, 0.3) is 0 Å². The Morgan fingerprint density at radius 3 is 2.67 bits per heavy atom. The van der Waals surface area contributed by atoms with E-state index in [1.807, 2.05) is 24.4 Å². The van der Waals surface area contributed by atoms with E-state index in [2.05, 4.69) is 15.9 Å². The zero-order valence-electron chi connectivity index (χ0n) is 11.8. The summed E-state index contributed by atoms with van der Waals surface area (Å²) in [6.07, 6.45) is 0.694. The molecule has 0 saturated carbocycles. The molecule has 1 atom stereocenters. The van der Waals surface area contributed by atoms with E-state index in [9.17, 15) is 8.42 Å². The average Bonchev–Trinajstić information content (AvgIpc) is 2.93. The van der Waals surface area contributed by atoms with Crippen molar-refractivity contribution in [2.75, 3.05) is 12.8 Å². The van der Waals surface area contributed by atoms with Crippen LogP contribution in [0.3, 0.4) is 0 Å². The van der Waals surface area contributed by atoms with E-state index < -0.39 is 10.0 Å². The number of halogens is 1. The standard InChI is InChI=1S/C14H17BrN2O2S2/c1-10(8-11-4-3-7-20-11)17(2)21(18,19)12-5-6-13(15)14(16)9-12/h3-7,9-10H,8,16H2,1-2H3. The highest BCUT2D eigenvalue weighted by atomic mass is 79.9. The highest BCUT2D eigenvalue weighted by Crippen LogP contribution is 2.26. The Kier molecular flexibility index (Phi) is 5.08. The molecule has 0 aliphatic rings. The molecular weight excluding hydrogens is 372 g/mol. The number of likely N-dealkylation sites (N-methyl/N-ethyl adjacent to an activating group) is 1. The molecule has 0 saturated heterocycles. The first kappa shape index (κ1) is 16.5. The van der Waals surface area contributed by atoms with Gasteiger partial charge in [-0.2, -0.15) is 4.31 Å². The lowest BCUT2D eigenvalue weighted by atomic mass is 10.2. The van der Waals surface area contributed by atoms with E-state index in [0.717, 1.165) is 0 Å². The molecule has 1 aromatic carbocycles. The van der Waals surface area contributed by atoms with Gasteiger partial charge in [-0.05, 0) is 58.9 Å². The molecule has 0 fully saturated rings. The van der Waals surface area contributed by atoms with Crippen molar-refractivity contribution in [3.63, 3.8) is 0 Å². The van der Waals surface area contributed by atoms with Gasteiger partial charge in [-0.1, -0.05) is 6.07 Å². The van der Waals surface area contributed by atoms with Gasteiger partial charge in [-0.15, -0.1) is 11.3 Å². The zero-order valence-corrected chi connectivity index (χ0v) is 15.0. The lowest BCUT2D eigenvalue weighted by Crippen LogP contribution is -2.36. The second kappa shape index (κ2) is 6.48. The average molecular weight is 389 g/mol. The number of nitrogen functional groups attached to an aromatic ring is 1. The minimum atomic E-state index is -3.54. The summed E-state index contributed by atoms with van der Waals surface area (Å²) in [4.78, 5) is 1.38. The largest absolute Gasteiger partial charge is 0.398 e. The van der Waals surface area contributed by atoms with Crippen molar-refractivity contribution in [1.29, 1.82) is 0 Å². The summed E-state index contributed by atoms with van der Waals surface area (Å²) in [5, 5.41) is 1.99. The molecule has 0 bridgehead atoms. The van der Waals surface area contributed by atoms with Gasteiger partial charge in [-0.3, -0.25) is 0 Å². The van der Waals surface area contributed by atoms with Crippen molar-refractivity contribution in [2.45, 2.75) is 24.3 Å².